The fraction of sp³-hybridized carbons (Fsp3) is 0.364. The Morgan fingerprint density at radius 2 is 2.00 bits per heavy atom. The lowest BCUT2D eigenvalue weighted by molar-refractivity contribution is -0.186. The third-order valence-corrected chi connectivity index (χ3v) is 2.98. The van der Waals surface area contributed by atoms with Crippen molar-refractivity contribution < 1.29 is 27.9 Å². The molecule has 0 atom stereocenters. The van der Waals surface area contributed by atoms with Crippen molar-refractivity contribution in [1.82, 2.24) is 9.88 Å². The zero-order valence-electron chi connectivity index (χ0n) is 9.95. The molecular weight excluding hydrogens is 281 g/mol. The van der Waals surface area contributed by atoms with Crippen molar-refractivity contribution in [2.24, 2.45) is 0 Å². The van der Waals surface area contributed by atoms with Crippen LogP contribution in [0.25, 0.3) is 0 Å². The highest BCUT2D eigenvalue weighted by atomic mass is 19.4. The Labute approximate surface area is 109 Å². The zero-order valence-corrected chi connectivity index (χ0v) is 9.95. The highest BCUT2D eigenvalue weighted by Crippen LogP contribution is 2.25. The molecule has 0 unspecified atom stereocenters. The Bertz CT molecular complexity index is 636. The van der Waals surface area contributed by atoms with Crippen molar-refractivity contribution in [3.05, 3.63) is 33.2 Å². The van der Waals surface area contributed by atoms with Crippen LogP contribution in [0.4, 0.5) is 13.2 Å². The Hall–Kier alpha value is -2.32. The quantitative estimate of drug-likeness (QED) is 0.789. The van der Waals surface area contributed by atoms with Crippen LogP contribution in [0.2, 0.25) is 0 Å². The number of hydrogen-bond acceptors (Lipinski definition) is 3. The minimum absolute atomic E-state index is 0.0287. The minimum atomic E-state index is -5.01. The van der Waals surface area contributed by atoms with Crippen LogP contribution >= 0.6 is 0 Å². The number of nitrogens with one attached hydrogen (secondary N) is 1. The van der Waals surface area contributed by atoms with E-state index < -0.39 is 30.2 Å². The van der Waals surface area contributed by atoms with E-state index in [0.717, 1.165) is 6.07 Å². The summed E-state index contributed by atoms with van der Waals surface area (Å²) in [7, 11) is 0. The van der Waals surface area contributed by atoms with E-state index in [4.69, 9.17) is 5.11 Å². The fourth-order valence-corrected chi connectivity index (χ4v) is 2.10. The van der Waals surface area contributed by atoms with E-state index in [2.05, 4.69) is 4.98 Å². The van der Waals surface area contributed by atoms with Crippen molar-refractivity contribution in [2.45, 2.75) is 19.1 Å². The number of carbonyl (C=O) groups is 2. The van der Waals surface area contributed by atoms with Crippen LogP contribution in [0.3, 0.4) is 0 Å². The van der Waals surface area contributed by atoms with Gasteiger partial charge in [-0.2, -0.15) is 13.2 Å². The van der Waals surface area contributed by atoms with Crippen LogP contribution in [-0.4, -0.2) is 39.6 Å². The summed E-state index contributed by atoms with van der Waals surface area (Å²) in [4.78, 5) is 36.3. The second-order valence-corrected chi connectivity index (χ2v) is 4.28. The Balaban J connectivity index is 2.41. The van der Waals surface area contributed by atoms with Gasteiger partial charge >= 0.3 is 18.1 Å². The molecule has 0 aromatic carbocycles. The first kappa shape index (κ1) is 14.1. The van der Waals surface area contributed by atoms with Crippen LogP contribution in [0.1, 0.15) is 21.6 Å². The SMILES string of the molecule is O=C(O)c1cc(=O)[nH]c2c1CN(C(=O)C(F)(F)F)CC2. The molecular formula is C11H9F3N2O4. The van der Waals surface area contributed by atoms with Crippen LogP contribution < -0.4 is 5.56 Å². The standard InChI is InChI=1S/C11H9F3N2O4/c12-11(13,14)10(20)16-2-1-7-6(4-16)5(9(18)19)3-8(17)15-7/h3H,1-2,4H2,(H,15,17)(H,18,19). The van der Waals surface area contributed by atoms with E-state index in [9.17, 15) is 27.6 Å². The summed E-state index contributed by atoms with van der Waals surface area (Å²) in [5, 5.41) is 8.97. The number of halogens is 3. The number of rotatable bonds is 1. The van der Waals surface area contributed by atoms with Gasteiger partial charge in [-0.3, -0.25) is 9.59 Å². The van der Waals surface area contributed by atoms with Gasteiger partial charge < -0.3 is 15.0 Å². The van der Waals surface area contributed by atoms with Gasteiger partial charge in [0.05, 0.1) is 5.56 Å². The number of H-pyrrole nitrogens is 1. The number of carboxylic acid groups (broad SMARTS) is 1. The third kappa shape index (κ3) is 2.51. The topological polar surface area (TPSA) is 90.5 Å². The first-order valence-corrected chi connectivity index (χ1v) is 5.54. The van der Waals surface area contributed by atoms with Crippen molar-refractivity contribution >= 4 is 11.9 Å². The van der Waals surface area contributed by atoms with Gasteiger partial charge in [0.2, 0.25) is 5.56 Å². The highest BCUT2D eigenvalue weighted by Gasteiger charge is 2.43. The zero-order chi connectivity index (χ0) is 15.1. The Morgan fingerprint density at radius 1 is 1.35 bits per heavy atom. The molecule has 6 nitrogen and oxygen atoms in total. The van der Waals surface area contributed by atoms with E-state index in [0.29, 0.717) is 4.90 Å². The van der Waals surface area contributed by atoms with Gasteiger partial charge in [-0.1, -0.05) is 0 Å². The monoisotopic (exact) mass is 290 g/mol. The normalized spacial score (nSPS) is 14.8. The molecule has 0 spiro atoms. The predicted octanol–water partition coefficient (Wildman–Crippen LogP) is 0.520. The van der Waals surface area contributed by atoms with Crippen LogP contribution in [0.5, 0.6) is 0 Å². The molecule has 1 aliphatic rings. The number of alkyl halides is 3. The molecule has 1 aromatic rings. The fourth-order valence-electron chi connectivity index (χ4n) is 2.10. The summed E-state index contributed by atoms with van der Waals surface area (Å²) in [5.74, 6) is -3.45. The van der Waals surface area contributed by atoms with Crippen molar-refractivity contribution in [3.63, 3.8) is 0 Å². The maximum atomic E-state index is 12.4. The van der Waals surface area contributed by atoms with Crippen molar-refractivity contribution in [2.75, 3.05) is 6.54 Å². The van der Waals surface area contributed by atoms with Gasteiger partial charge in [-0.15, -0.1) is 0 Å². The number of carboxylic acids is 1. The molecule has 9 heteroatoms. The number of aromatic amines is 1. The van der Waals surface area contributed by atoms with Crippen LogP contribution in [-0.2, 0) is 17.8 Å². The second-order valence-electron chi connectivity index (χ2n) is 4.28. The average Bonchev–Trinajstić information content (AvgIpc) is 2.35. The van der Waals surface area contributed by atoms with E-state index in [1.54, 1.807) is 0 Å². The molecule has 0 saturated heterocycles. The number of hydrogen-bond donors (Lipinski definition) is 2. The largest absolute Gasteiger partial charge is 0.478 e. The van der Waals surface area contributed by atoms with Crippen molar-refractivity contribution in [1.29, 1.82) is 0 Å². The van der Waals surface area contributed by atoms with E-state index >= 15 is 0 Å². The number of aromatic nitrogens is 1. The Morgan fingerprint density at radius 3 is 2.55 bits per heavy atom. The van der Waals surface area contributed by atoms with E-state index in [1.165, 1.54) is 0 Å². The third-order valence-electron chi connectivity index (χ3n) is 2.98. The average molecular weight is 290 g/mol. The summed E-state index contributed by atoms with van der Waals surface area (Å²) >= 11 is 0. The molecule has 0 radical (unpaired) electrons. The van der Waals surface area contributed by atoms with Crippen LogP contribution in [0.15, 0.2) is 10.9 Å². The number of amides is 1. The molecule has 1 aromatic heterocycles. The molecule has 1 amide bonds. The molecule has 0 fully saturated rings. The lowest BCUT2D eigenvalue weighted by Gasteiger charge is -2.29. The lowest BCUT2D eigenvalue weighted by Crippen LogP contribution is -2.44. The molecule has 20 heavy (non-hydrogen) atoms. The maximum absolute atomic E-state index is 12.4. The number of nitrogens with zero attached hydrogens (tertiary/aromatic N) is 1. The first-order chi connectivity index (χ1) is 9.20. The lowest BCUT2D eigenvalue weighted by atomic mass is 10.00. The molecule has 108 valence electrons. The van der Waals surface area contributed by atoms with E-state index in [-0.39, 0.29) is 29.8 Å². The minimum Gasteiger partial charge on any atom is -0.478 e. The molecule has 0 aliphatic carbocycles. The van der Waals surface area contributed by atoms with Crippen LogP contribution in [0, 0.1) is 0 Å². The molecule has 1 aliphatic heterocycles. The van der Waals surface area contributed by atoms with Gasteiger partial charge in [0.25, 0.3) is 0 Å². The number of carbonyl (C=O) groups excluding carboxylic acids is 1. The number of aromatic carboxylic acids is 1. The highest BCUT2D eigenvalue weighted by molar-refractivity contribution is 5.90. The predicted molar refractivity (Wildman–Crippen MR) is 59.2 cm³/mol. The molecule has 0 bridgehead atoms. The van der Waals surface area contributed by atoms with Gasteiger partial charge in [-0.25, -0.2) is 4.79 Å². The van der Waals surface area contributed by atoms with Gasteiger partial charge in [-0.05, 0) is 0 Å². The molecule has 2 heterocycles. The Kier molecular flexibility index (Phi) is 3.28. The van der Waals surface area contributed by atoms with Gasteiger partial charge in [0.1, 0.15) is 0 Å². The number of fused-ring (bicyclic) bond motifs is 1. The second kappa shape index (κ2) is 4.66. The summed E-state index contributed by atoms with van der Waals surface area (Å²) in [6, 6.07) is 0.794. The summed E-state index contributed by atoms with van der Waals surface area (Å²) in [6.45, 7) is -0.726. The maximum Gasteiger partial charge on any atom is 0.471 e. The first-order valence-electron chi connectivity index (χ1n) is 5.54. The number of pyridine rings is 1. The summed E-state index contributed by atoms with van der Waals surface area (Å²) in [6.07, 6.45) is -5.05. The molecule has 2 N–H and O–H groups in total. The van der Waals surface area contributed by atoms with Gasteiger partial charge in [0, 0.05) is 36.8 Å². The van der Waals surface area contributed by atoms with Crippen molar-refractivity contribution in [3.8, 4) is 0 Å². The van der Waals surface area contributed by atoms with Gasteiger partial charge in [0.15, 0.2) is 0 Å². The smallest absolute Gasteiger partial charge is 0.471 e. The van der Waals surface area contributed by atoms with E-state index in [1.807, 2.05) is 0 Å². The summed E-state index contributed by atoms with van der Waals surface area (Å²) in [5.41, 5.74) is -0.748. The summed E-state index contributed by atoms with van der Waals surface area (Å²) < 4.78 is 37.1. The molecule has 2 rings (SSSR count). The molecule has 0 saturated carbocycles.